The molecule has 0 saturated heterocycles. The van der Waals surface area contributed by atoms with Crippen LogP contribution in [0.3, 0.4) is 0 Å². The van der Waals surface area contributed by atoms with Crippen LogP contribution in [0.25, 0.3) is 0 Å². The fourth-order valence-electron chi connectivity index (χ4n) is 4.30. The normalized spacial score (nSPS) is 19.2. The molecule has 2 aliphatic heterocycles. The van der Waals surface area contributed by atoms with E-state index in [1.807, 2.05) is 24.3 Å². The summed E-state index contributed by atoms with van der Waals surface area (Å²) in [4.78, 5) is 32.2. The first-order chi connectivity index (χ1) is 16.5. The topological polar surface area (TPSA) is 83.0 Å². The number of nitrogens with zero attached hydrogens (tertiary/aromatic N) is 2. The quantitative estimate of drug-likeness (QED) is 0.627. The van der Waals surface area contributed by atoms with Crippen LogP contribution in [0.5, 0.6) is 5.75 Å². The number of halogens is 1. The molecular formula is C26H23FN4O3. The van der Waals surface area contributed by atoms with Crippen molar-refractivity contribution in [3.8, 4) is 5.75 Å². The number of fused-ring (bicyclic) bond motifs is 2. The second kappa shape index (κ2) is 8.97. The van der Waals surface area contributed by atoms with Gasteiger partial charge in [-0.3, -0.25) is 4.79 Å². The van der Waals surface area contributed by atoms with Gasteiger partial charge in [0.05, 0.1) is 24.0 Å². The van der Waals surface area contributed by atoms with Gasteiger partial charge in [0.25, 0.3) is 5.91 Å². The van der Waals surface area contributed by atoms with Crippen LogP contribution in [0.2, 0.25) is 0 Å². The number of aliphatic imine (C=N–C) groups is 1. The maximum Gasteiger partial charge on any atom is 0.317 e. The van der Waals surface area contributed by atoms with Crippen LogP contribution in [0, 0.1) is 5.82 Å². The van der Waals surface area contributed by atoms with Gasteiger partial charge >= 0.3 is 6.03 Å². The van der Waals surface area contributed by atoms with Crippen LogP contribution in [-0.4, -0.2) is 37.5 Å². The van der Waals surface area contributed by atoms with Crippen LogP contribution in [-0.2, 0) is 4.79 Å². The monoisotopic (exact) mass is 458 g/mol. The highest BCUT2D eigenvalue weighted by molar-refractivity contribution is 6.20. The Bertz CT molecular complexity index is 1290. The number of benzene rings is 3. The minimum atomic E-state index is -1.23. The van der Waals surface area contributed by atoms with E-state index in [1.165, 1.54) is 11.0 Å². The van der Waals surface area contributed by atoms with Crippen LogP contribution in [0.1, 0.15) is 29.2 Å². The number of hydrogen-bond donors (Lipinski definition) is 2. The van der Waals surface area contributed by atoms with Gasteiger partial charge in [0.15, 0.2) is 0 Å². The molecule has 2 heterocycles. The summed E-state index contributed by atoms with van der Waals surface area (Å²) >= 11 is 0. The van der Waals surface area contributed by atoms with E-state index in [4.69, 9.17) is 4.74 Å². The molecule has 0 spiro atoms. The third-order valence-corrected chi connectivity index (χ3v) is 6.00. The summed E-state index contributed by atoms with van der Waals surface area (Å²) in [5.41, 5.74) is 2.61. The van der Waals surface area contributed by atoms with Crippen molar-refractivity contribution in [2.75, 3.05) is 18.6 Å². The van der Waals surface area contributed by atoms with Gasteiger partial charge in [-0.15, -0.1) is 0 Å². The number of urea groups is 1. The average molecular weight is 458 g/mol. The molecule has 2 aliphatic rings. The Labute approximate surface area is 196 Å². The van der Waals surface area contributed by atoms with Gasteiger partial charge in [0, 0.05) is 30.2 Å². The standard InChI is InChI=1S/C26H23FN4O3/c1-31-21-12-6-3-10-18(21)23(16-8-2-5-11-19(16)27)29-24(25(31)32)30-26(33)28-20-14-15-34-22-13-7-4-9-17(20)22/h2-13,20,24H,14-15H2,1H3,(H2,28,30,33). The second-order valence-corrected chi connectivity index (χ2v) is 8.12. The van der Waals surface area contributed by atoms with Gasteiger partial charge in [0.2, 0.25) is 6.17 Å². The lowest BCUT2D eigenvalue weighted by molar-refractivity contribution is -0.119. The number of nitrogens with one attached hydrogen (secondary N) is 2. The van der Waals surface area contributed by atoms with E-state index in [1.54, 1.807) is 49.5 Å². The second-order valence-electron chi connectivity index (χ2n) is 8.12. The zero-order valence-corrected chi connectivity index (χ0v) is 18.5. The van der Waals surface area contributed by atoms with Crippen LogP contribution in [0.15, 0.2) is 77.8 Å². The van der Waals surface area contributed by atoms with Crippen molar-refractivity contribution in [1.29, 1.82) is 0 Å². The summed E-state index contributed by atoms with van der Waals surface area (Å²) < 4.78 is 20.4. The first-order valence-electron chi connectivity index (χ1n) is 11.0. The lowest BCUT2D eigenvalue weighted by atomic mass is 10.00. The summed E-state index contributed by atoms with van der Waals surface area (Å²) in [5.74, 6) is -0.170. The Balaban J connectivity index is 1.47. The SMILES string of the molecule is CN1C(=O)C(NC(=O)NC2CCOc3ccccc32)N=C(c2ccccc2F)c2ccccc21. The van der Waals surface area contributed by atoms with Gasteiger partial charge < -0.3 is 20.3 Å². The molecule has 0 aromatic heterocycles. The lowest BCUT2D eigenvalue weighted by Gasteiger charge is -2.27. The van der Waals surface area contributed by atoms with Gasteiger partial charge in [-0.25, -0.2) is 14.2 Å². The molecule has 2 atom stereocenters. The van der Waals surface area contributed by atoms with E-state index >= 15 is 0 Å². The van der Waals surface area contributed by atoms with Crippen molar-refractivity contribution < 1.29 is 18.7 Å². The van der Waals surface area contributed by atoms with Crippen molar-refractivity contribution in [3.63, 3.8) is 0 Å². The highest BCUT2D eigenvalue weighted by Gasteiger charge is 2.32. The first-order valence-corrected chi connectivity index (χ1v) is 11.0. The van der Waals surface area contributed by atoms with E-state index in [9.17, 15) is 14.0 Å². The molecule has 0 bridgehead atoms. The molecule has 2 N–H and O–H groups in total. The Morgan fingerprint density at radius 3 is 2.53 bits per heavy atom. The highest BCUT2D eigenvalue weighted by atomic mass is 19.1. The summed E-state index contributed by atoms with van der Waals surface area (Å²) in [6.07, 6.45) is -0.639. The van der Waals surface area contributed by atoms with E-state index in [0.717, 1.165) is 11.3 Å². The molecule has 5 rings (SSSR count). The van der Waals surface area contributed by atoms with E-state index in [2.05, 4.69) is 15.6 Å². The molecule has 3 aromatic rings. The zero-order valence-electron chi connectivity index (χ0n) is 18.5. The number of amides is 3. The number of ether oxygens (including phenoxy) is 1. The Kier molecular flexibility index (Phi) is 5.71. The van der Waals surface area contributed by atoms with Gasteiger partial charge in [0.1, 0.15) is 11.6 Å². The summed E-state index contributed by atoms with van der Waals surface area (Å²) in [7, 11) is 1.61. The predicted octanol–water partition coefficient (Wildman–Crippen LogP) is 3.79. The Morgan fingerprint density at radius 1 is 1.00 bits per heavy atom. The largest absolute Gasteiger partial charge is 0.493 e. The maximum absolute atomic E-state index is 14.7. The fraction of sp³-hybridized carbons (Fsp3) is 0.192. The molecule has 0 aliphatic carbocycles. The minimum absolute atomic E-state index is 0.253. The van der Waals surface area contributed by atoms with Crippen molar-refractivity contribution >= 4 is 23.3 Å². The third-order valence-electron chi connectivity index (χ3n) is 6.00. The number of para-hydroxylation sites is 2. The number of anilines is 1. The molecule has 2 unspecified atom stereocenters. The van der Waals surface area contributed by atoms with Gasteiger partial charge in [-0.05, 0) is 24.3 Å². The predicted molar refractivity (Wildman–Crippen MR) is 127 cm³/mol. The first kappa shape index (κ1) is 21.6. The number of rotatable bonds is 3. The molecule has 0 saturated carbocycles. The molecule has 172 valence electrons. The smallest absolute Gasteiger partial charge is 0.317 e. The summed E-state index contributed by atoms with van der Waals surface area (Å²) in [6, 6.07) is 20.1. The number of benzodiazepines with no additional fused rings is 1. The number of carbonyl (C=O) groups is 2. The van der Waals surface area contributed by atoms with Crippen molar-refractivity contribution in [3.05, 3.63) is 95.3 Å². The van der Waals surface area contributed by atoms with E-state index in [0.29, 0.717) is 30.0 Å². The third kappa shape index (κ3) is 3.98. The fourth-order valence-corrected chi connectivity index (χ4v) is 4.30. The van der Waals surface area contributed by atoms with Crippen LogP contribution in [0.4, 0.5) is 14.9 Å². The molecular weight excluding hydrogens is 435 g/mol. The lowest BCUT2D eigenvalue weighted by Crippen LogP contribution is -2.50. The number of carbonyl (C=O) groups excluding carboxylic acids is 2. The zero-order chi connectivity index (χ0) is 23.7. The van der Waals surface area contributed by atoms with Crippen LogP contribution < -0.4 is 20.3 Å². The van der Waals surface area contributed by atoms with Crippen LogP contribution >= 0.6 is 0 Å². The van der Waals surface area contributed by atoms with Crippen molar-refractivity contribution in [1.82, 2.24) is 10.6 Å². The molecule has 3 amide bonds. The molecule has 3 aromatic carbocycles. The molecule has 34 heavy (non-hydrogen) atoms. The van der Waals surface area contributed by atoms with E-state index in [-0.39, 0.29) is 11.6 Å². The average Bonchev–Trinajstić information content (AvgIpc) is 2.95. The molecule has 0 fully saturated rings. The number of likely N-dealkylation sites (N-methyl/N-ethyl adjacent to an activating group) is 1. The molecule has 0 radical (unpaired) electrons. The van der Waals surface area contributed by atoms with Gasteiger partial charge in [-0.1, -0.05) is 48.5 Å². The maximum atomic E-state index is 14.7. The Morgan fingerprint density at radius 2 is 1.71 bits per heavy atom. The van der Waals surface area contributed by atoms with Gasteiger partial charge in [-0.2, -0.15) is 0 Å². The van der Waals surface area contributed by atoms with E-state index < -0.39 is 23.9 Å². The van der Waals surface area contributed by atoms with Crippen molar-refractivity contribution in [2.24, 2.45) is 4.99 Å². The summed E-state index contributed by atoms with van der Waals surface area (Å²) in [5, 5.41) is 5.60. The van der Waals surface area contributed by atoms with Crippen molar-refractivity contribution in [2.45, 2.75) is 18.6 Å². The highest BCUT2D eigenvalue weighted by Crippen LogP contribution is 2.32. The summed E-state index contributed by atoms with van der Waals surface area (Å²) in [6.45, 7) is 0.470. The minimum Gasteiger partial charge on any atom is -0.493 e. The Hall–Kier alpha value is -4.20. The number of hydrogen-bond acceptors (Lipinski definition) is 4. The molecule has 7 nitrogen and oxygen atoms in total. The molecule has 8 heteroatoms.